The van der Waals surface area contributed by atoms with Gasteiger partial charge in [-0.2, -0.15) is 0 Å². The van der Waals surface area contributed by atoms with E-state index in [1.54, 1.807) is 50.2 Å². The predicted octanol–water partition coefficient (Wildman–Crippen LogP) is 9.03. The van der Waals surface area contributed by atoms with Gasteiger partial charge in [-0.05, 0) is 112 Å². The lowest BCUT2D eigenvalue weighted by Crippen LogP contribution is -2.57. The molecule has 2 aliphatic carbocycles. The number of likely N-dealkylation sites (N-methyl/N-ethyl adjacent to an activating group) is 2. The number of nitrogens with zero attached hydrogens (tertiary/aromatic N) is 4. The largest absolute Gasteiger partial charge is 0.495 e. The molecule has 3 aromatic carbocycles. The van der Waals surface area contributed by atoms with Crippen molar-refractivity contribution in [2.45, 2.75) is 115 Å². The van der Waals surface area contributed by atoms with Crippen LogP contribution in [0.2, 0.25) is 5.02 Å². The first-order valence-electron chi connectivity index (χ1n) is 26.8. The van der Waals surface area contributed by atoms with Gasteiger partial charge in [0.2, 0.25) is 29.5 Å². The van der Waals surface area contributed by atoms with E-state index in [-0.39, 0.29) is 66.4 Å². The van der Waals surface area contributed by atoms with Crippen LogP contribution in [0.1, 0.15) is 116 Å². The molecule has 3 fully saturated rings. The molecule has 6 amide bonds. The Morgan fingerprint density at radius 1 is 0.909 bits per heavy atom. The molecule has 1 saturated heterocycles. The number of hydrogen-bond donors (Lipinski definition) is 5. The Morgan fingerprint density at radius 3 is 2.40 bits per heavy atom. The summed E-state index contributed by atoms with van der Waals surface area (Å²) in [6.07, 6.45) is 14.3. The molecule has 1 aliphatic heterocycles. The van der Waals surface area contributed by atoms with Crippen molar-refractivity contribution in [2.75, 3.05) is 44.9 Å². The van der Waals surface area contributed by atoms with Gasteiger partial charge in [0.05, 0.1) is 25.8 Å². The van der Waals surface area contributed by atoms with Crippen LogP contribution in [0, 0.1) is 11.8 Å². The number of halogens is 1. The SMILES string of the molecule is CNC(C)C(=O)NC(C(=O)N1CCCC1C(=O)Nc1sc(NC(=O)CCCN(C)C(=O)Cc2cccc(CNC(=O)c3cc(C=CC4CC(c5ccc(Cl)cc5)C4)c(OC)cn3)c2)nc1-c1ccccc1)C1CCCCC1. The molecule has 0 spiro atoms. The molecule has 8 rings (SSSR count). The third-order valence-electron chi connectivity index (χ3n) is 15.0. The number of allylic oxidation sites excluding steroid dienone is 1. The fraction of sp³-hybridized carbons (Fsp3) is 0.424. The van der Waals surface area contributed by atoms with Gasteiger partial charge in [-0.1, -0.05) is 121 Å². The Labute approximate surface area is 460 Å². The molecule has 406 valence electrons. The molecule has 5 aromatic rings. The van der Waals surface area contributed by atoms with Crippen molar-refractivity contribution in [1.82, 2.24) is 35.7 Å². The molecule has 77 heavy (non-hydrogen) atoms. The minimum absolute atomic E-state index is 0.00783. The Kier molecular flexibility index (Phi) is 19.6. The van der Waals surface area contributed by atoms with E-state index in [9.17, 15) is 28.8 Å². The van der Waals surface area contributed by atoms with E-state index >= 15 is 0 Å². The van der Waals surface area contributed by atoms with E-state index < -0.39 is 18.1 Å². The van der Waals surface area contributed by atoms with Crippen molar-refractivity contribution in [3.63, 3.8) is 0 Å². The van der Waals surface area contributed by atoms with Gasteiger partial charge in [0.15, 0.2) is 5.13 Å². The van der Waals surface area contributed by atoms with Gasteiger partial charge >= 0.3 is 0 Å². The maximum Gasteiger partial charge on any atom is 0.270 e. The molecule has 5 N–H and O–H groups in total. The van der Waals surface area contributed by atoms with E-state index in [4.69, 9.17) is 21.3 Å². The molecule has 0 bridgehead atoms. The lowest BCUT2D eigenvalue weighted by molar-refractivity contribution is -0.142. The lowest BCUT2D eigenvalue weighted by atomic mass is 9.71. The number of carbonyl (C=O) groups excluding carboxylic acids is 6. The molecule has 2 aromatic heterocycles. The van der Waals surface area contributed by atoms with E-state index in [2.05, 4.69) is 49.8 Å². The molecule has 3 heterocycles. The van der Waals surface area contributed by atoms with Gasteiger partial charge < -0.3 is 41.1 Å². The summed E-state index contributed by atoms with van der Waals surface area (Å²) in [7, 11) is 4.99. The van der Waals surface area contributed by atoms with Crippen molar-refractivity contribution >= 4 is 74.6 Å². The molecule has 0 radical (unpaired) electrons. The van der Waals surface area contributed by atoms with Crippen LogP contribution in [-0.2, 0) is 36.9 Å². The van der Waals surface area contributed by atoms with E-state index in [1.807, 2.05) is 72.8 Å². The fourth-order valence-electron chi connectivity index (χ4n) is 10.3. The molecule has 18 heteroatoms. The molecule has 16 nitrogen and oxygen atoms in total. The number of thiazole rings is 1. The van der Waals surface area contributed by atoms with E-state index in [0.29, 0.717) is 65.8 Å². The van der Waals surface area contributed by atoms with Crippen molar-refractivity contribution in [3.8, 4) is 17.0 Å². The number of hydrogen-bond acceptors (Lipinski definition) is 11. The van der Waals surface area contributed by atoms with Gasteiger partial charge in [-0.25, -0.2) is 9.97 Å². The molecule has 3 unspecified atom stereocenters. The summed E-state index contributed by atoms with van der Waals surface area (Å²) in [5, 5.41) is 16.4. The first-order valence-corrected chi connectivity index (χ1v) is 28.0. The fourth-order valence-corrected chi connectivity index (χ4v) is 11.4. The number of benzene rings is 3. The number of likely N-dealkylation sites (tertiary alicyclic amines) is 1. The number of methoxy groups -OCH3 is 1. The Morgan fingerprint density at radius 2 is 1.66 bits per heavy atom. The summed E-state index contributed by atoms with van der Waals surface area (Å²) in [4.78, 5) is 93.9. The minimum Gasteiger partial charge on any atom is -0.495 e. The van der Waals surface area contributed by atoms with Gasteiger partial charge in [0, 0.05) is 49.3 Å². The zero-order chi connectivity index (χ0) is 54.4. The number of rotatable bonds is 22. The third-order valence-corrected chi connectivity index (χ3v) is 16.2. The van der Waals surface area contributed by atoms with Gasteiger partial charge in [-0.15, -0.1) is 0 Å². The number of nitrogens with one attached hydrogen (secondary N) is 5. The second-order valence-electron chi connectivity index (χ2n) is 20.4. The molecule has 2 saturated carbocycles. The highest BCUT2D eigenvalue weighted by atomic mass is 35.5. The third kappa shape index (κ3) is 15.0. The second kappa shape index (κ2) is 26.9. The summed E-state index contributed by atoms with van der Waals surface area (Å²) >= 11 is 7.21. The number of pyridine rings is 1. The first kappa shape index (κ1) is 56.3. The van der Waals surface area contributed by atoms with Crippen LogP contribution in [0.25, 0.3) is 17.3 Å². The summed E-state index contributed by atoms with van der Waals surface area (Å²) in [6.45, 7) is 2.73. The van der Waals surface area contributed by atoms with Crippen LogP contribution in [-0.4, -0.2) is 108 Å². The number of amides is 6. The topological polar surface area (TPSA) is 204 Å². The molecular weight excluding hydrogens is 1010 g/mol. The monoisotopic (exact) mass is 1080 g/mol. The van der Waals surface area contributed by atoms with Crippen LogP contribution in [0.5, 0.6) is 5.75 Å². The predicted molar refractivity (Wildman–Crippen MR) is 301 cm³/mol. The Bertz CT molecular complexity index is 2900. The number of anilines is 2. The van der Waals surface area contributed by atoms with Crippen LogP contribution in [0.15, 0.2) is 97.2 Å². The van der Waals surface area contributed by atoms with Gasteiger partial charge in [-0.3, -0.25) is 28.8 Å². The second-order valence-corrected chi connectivity index (χ2v) is 21.9. The van der Waals surface area contributed by atoms with Crippen molar-refractivity contribution in [1.29, 1.82) is 0 Å². The Hall–Kier alpha value is -6.95. The van der Waals surface area contributed by atoms with Crippen LogP contribution >= 0.6 is 22.9 Å². The highest BCUT2D eigenvalue weighted by Crippen LogP contribution is 2.43. The van der Waals surface area contributed by atoms with Gasteiger partial charge in [0.25, 0.3) is 5.91 Å². The normalized spacial score (nSPS) is 18.2. The van der Waals surface area contributed by atoms with Crippen molar-refractivity contribution in [2.24, 2.45) is 11.8 Å². The smallest absolute Gasteiger partial charge is 0.270 e. The van der Waals surface area contributed by atoms with E-state index in [1.165, 1.54) is 5.56 Å². The zero-order valence-corrected chi connectivity index (χ0v) is 45.9. The summed E-state index contributed by atoms with van der Waals surface area (Å²) in [5.74, 6) is -0.101. The summed E-state index contributed by atoms with van der Waals surface area (Å²) in [6, 6.07) is 24.7. The van der Waals surface area contributed by atoms with Crippen molar-refractivity contribution < 1.29 is 33.5 Å². The number of ether oxygens (including phenoxy) is 1. The summed E-state index contributed by atoms with van der Waals surface area (Å²) < 4.78 is 5.55. The first-order chi connectivity index (χ1) is 37.3. The Balaban J connectivity index is 0.808. The molecule has 3 aliphatic rings. The zero-order valence-electron chi connectivity index (χ0n) is 44.3. The molecule has 3 atom stereocenters. The molecular formula is C59H70ClN9O7S. The minimum atomic E-state index is -0.744. The van der Waals surface area contributed by atoms with E-state index in [0.717, 1.165) is 83.6 Å². The average molecular weight is 1080 g/mol. The maximum atomic E-state index is 14.3. The van der Waals surface area contributed by atoms with Crippen LogP contribution in [0.3, 0.4) is 0 Å². The number of carbonyl (C=O) groups is 6. The van der Waals surface area contributed by atoms with Crippen LogP contribution < -0.4 is 31.3 Å². The van der Waals surface area contributed by atoms with Crippen molar-refractivity contribution in [3.05, 3.63) is 130 Å². The van der Waals surface area contributed by atoms with Crippen LogP contribution in [0.4, 0.5) is 10.1 Å². The average Bonchev–Trinajstić information content (AvgIpc) is 4.10. The number of aromatic nitrogens is 2. The maximum absolute atomic E-state index is 14.3. The highest BCUT2D eigenvalue weighted by Gasteiger charge is 2.41. The summed E-state index contributed by atoms with van der Waals surface area (Å²) in [5.41, 5.74) is 5.17. The van der Waals surface area contributed by atoms with Gasteiger partial charge in [0.1, 0.15) is 34.2 Å². The standard InChI is InChI=1S/C59H70ClN9O7S/c1-37(61-2)54(72)65-53(43-18-9-6-10-19-43)58(75)69-29-12-20-48(69)56(74)67-57-52(42-16-7-5-8-17-42)66-59(77-57)64-50(70)21-13-28-68(3)51(71)33-38-14-11-15-40(30-38)35-63-55(73)47-34-44(49(76-4)36-62-47)23-22-39-31-45(32-39)41-24-26-46(60)27-25-41/h5,7-8,11,14-17,22-27,30,34,36-37,39,43,45,48,53,61H,6,9-10,12-13,18-21,28-29,31-33,35H2,1-4H3,(H,63,73)(H,65,72)(H,67,74)(H,64,66,70). The quantitative estimate of drug-likeness (QED) is 0.0445. The highest BCUT2D eigenvalue weighted by molar-refractivity contribution is 7.20. The lowest BCUT2D eigenvalue weighted by Gasteiger charge is -2.35.